The van der Waals surface area contributed by atoms with E-state index in [4.69, 9.17) is 24.1 Å². The fraction of sp³-hybridized carbons (Fsp3) is 0.420. The molecule has 2 aromatic rings. The number of carbonyl (C=O) groups excluding carboxylic acids is 6. The number of hydrogen-bond donors (Lipinski definition) is 5. The Morgan fingerprint density at radius 3 is 1.19 bits per heavy atom. The van der Waals surface area contributed by atoms with E-state index in [-0.39, 0.29) is 112 Å². The molecule has 0 saturated heterocycles. The topological polar surface area (TPSA) is 337 Å². The van der Waals surface area contributed by atoms with Crippen molar-refractivity contribution in [3.05, 3.63) is 92.1 Å². The minimum Gasteiger partial charge on any atom is -0.493 e. The number of Topliss-reactive ketones (excluding diaryl/α,β-unsaturated/α-hetero) is 2. The zero-order valence-corrected chi connectivity index (χ0v) is 42.1. The molecule has 0 atom stereocenters. The number of esters is 2. The van der Waals surface area contributed by atoms with Gasteiger partial charge in [0.05, 0.1) is 73.8 Å². The van der Waals surface area contributed by atoms with Crippen molar-refractivity contribution in [2.24, 2.45) is 0 Å². The van der Waals surface area contributed by atoms with Crippen LogP contribution in [0.4, 0.5) is 11.4 Å². The van der Waals surface area contributed by atoms with Gasteiger partial charge in [-0.1, -0.05) is 31.6 Å². The van der Waals surface area contributed by atoms with Crippen LogP contribution in [0.1, 0.15) is 97.1 Å². The van der Waals surface area contributed by atoms with Crippen molar-refractivity contribution >= 4 is 52.7 Å². The molecule has 0 spiro atoms. The Bertz CT molecular complexity index is 2260. The number of aliphatic hydroxyl groups excluding tert-OH is 2. The molecule has 0 aromatic heterocycles. The van der Waals surface area contributed by atoms with Gasteiger partial charge in [-0.15, -0.1) is 0 Å². The molecule has 2 aromatic carbocycles. The second-order valence-corrected chi connectivity index (χ2v) is 14.8. The molecule has 2 amide bonds. The Hall–Kier alpha value is -8.41. The highest BCUT2D eigenvalue weighted by molar-refractivity contribution is 6.00. The largest absolute Gasteiger partial charge is 0.493 e. The molecule has 2 rings (SSSR count). The van der Waals surface area contributed by atoms with E-state index in [0.717, 1.165) is 0 Å². The highest BCUT2D eigenvalue weighted by atomic mass is 16.6. The molecule has 398 valence electrons. The lowest BCUT2D eigenvalue weighted by molar-refractivity contribution is -0.386. The maximum absolute atomic E-state index is 11.8. The maximum atomic E-state index is 11.8. The molecule has 0 aliphatic rings. The van der Waals surface area contributed by atoms with E-state index in [9.17, 15) is 64.0 Å². The zero-order chi connectivity index (χ0) is 56.1. The number of nitro benzene ring substituents is 2. The van der Waals surface area contributed by atoms with E-state index in [1.807, 2.05) is 0 Å². The molecule has 0 radical (unpaired) electrons. The van der Waals surface area contributed by atoms with Crippen LogP contribution in [0.2, 0.25) is 0 Å². The summed E-state index contributed by atoms with van der Waals surface area (Å²) in [5.41, 5.74) is 0.278. The number of ether oxygens (including phenoxy) is 5. The molecule has 0 aliphatic carbocycles. The molecule has 0 heterocycles. The fourth-order valence-corrected chi connectivity index (χ4v) is 4.94. The maximum Gasteiger partial charge on any atom is 0.340 e. The Morgan fingerprint density at radius 2 is 0.932 bits per heavy atom. The quantitative estimate of drug-likeness (QED) is 0.0110. The molecule has 0 fully saturated rings. The Kier molecular flexibility index (Phi) is 35.0. The summed E-state index contributed by atoms with van der Waals surface area (Å²) in [6.07, 6.45) is 2.85. The number of hydrogen-bond acceptors (Lipinski definition) is 18. The van der Waals surface area contributed by atoms with Crippen LogP contribution >= 0.6 is 0 Å². The predicted molar refractivity (Wildman–Crippen MR) is 265 cm³/mol. The van der Waals surface area contributed by atoms with Crippen LogP contribution in [-0.4, -0.2) is 107 Å². The lowest BCUT2D eigenvalue weighted by Gasteiger charge is -2.12. The molecule has 0 aliphatic heterocycles. The summed E-state index contributed by atoms with van der Waals surface area (Å²) in [6, 6.07) is 5.09. The first-order chi connectivity index (χ1) is 34.4. The van der Waals surface area contributed by atoms with Crippen molar-refractivity contribution in [1.82, 2.24) is 10.6 Å². The molecule has 0 bridgehead atoms. The van der Waals surface area contributed by atoms with E-state index in [1.165, 1.54) is 59.3 Å². The normalized spacial score (nSPS) is 9.44. The summed E-state index contributed by atoms with van der Waals surface area (Å²) in [5, 5.41) is 53.9. The molecule has 0 unspecified atom stereocenters. The number of rotatable bonds is 27. The highest BCUT2D eigenvalue weighted by Crippen LogP contribution is 2.36. The third kappa shape index (κ3) is 30.1. The van der Waals surface area contributed by atoms with Crippen molar-refractivity contribution < 1.29 is 82.4 Å². The van der Waals surface area contributed by atoms with Gasteiger partial charge in [-0.05, 0) is 84.3 Å². The van der Waals surface area contributed by atoms with Crippen LogP contribution in [0.15, 0.2) is 60.7 Å². The molecular formula is C50H64N4O19. The van der Waals surface area contributed by atoms with Gasteiger partial charge in [-0.2, -0.15) is 0 Å². The number of methoxy groups -OCH3 is 2. The lowest BCUT2D eigenvalue weighted by Crippen LogP contribution is -2.25. The minimum absolute atomic E-state index is 0.122. The summed E-state index contributed by atoms with van der Waals surface area (Å²) in [6.45, 7) is 17.4. The smallest absolute Gasteiger partial charge is 0.340 e. The first-order valence-electron chi connectivity index (χ1n) is 22.0. The summed E-state index contributed by atoms with van der Waals surface area (Å²) in [7, 11) is 2.78. The van der Waals surface area contributed by atoms with Gasteiger partial charge in [0.25, 0.3) is 11.4 Å². The molecule has 23 heteroatoms. The third-order valence-corrected chi connectivity index (χ3v) is 8.66. The van der Waals surface area contributed by atoms with Crippen LogP contribution < -0.4 is 29.6 Å². The van der Waals surface area contributed by atoms with E-state index in [1.54, 1.807) is 13.8 Å². The summed E-state index contributed by atoms with van der Waals surface area (Å²) in [5.74, 6) is 7.78. The number of nitrogens with one attached hydrogen (secondary N) is 2. The van der Waals surface area contributed by atoms with Gasteiger partial charge in [0.15, 0.2) is 23.0 Å². The van der Waals surface area contributed by atoms with E-state index < -0.39 is 41.0 Å². The number of carboxylic acids is 1. The number of nitrogens with zero attached hydrogens (tertiary/aromatic N) is 2. The molecule has 23 nitrogen and oxygen atoms in total. The number of carboxylic acid groups (broad SMARTS) is 1. The van der Waals surface area contributed by atoms with E-state index in [2.05, 4.69) is 58.8 Å². The van der Waals surface area contributed by atoms with Crippen molar-refractivity contribution in [3.8, 4) is 46.7 Å². The monoisotopic (exact) mass is 1020 g/mol. The number of nitro groups is 2. The molecule has 5 N–H and O–H groups in total. The van der Waals surface area contributed by atoms with Crippen LogP contribution in [0, 0.1) is 43.9 Å². The van der Waals surface area contributed by atoms with Crippen LogP contribution in [0.5, 0.6) is 23.0 Å². The highest BCUT2D eigenvalue weighted by Gasteiger charge is 2.21. The van der Waals surface area contributed by atoms with Gasteiger partial charge in [0.2, 0.25) is 23.4 Å². The number of aliphatic carboxylic acids is 1. The minimum atomic E-state index is -0.935. The number of carbonyl (C=O) groups is 7. The van der Waals surface area contributed by atoms with Crippen LogP contribution in [0.3, 0.4) is 0 Å². The lowest BCUT2D eigenvalue weighted by atomic mass is 10.1. The number of ketones is 2. The number of amides is 2. The van der Waals surface area contributed by atoms with Crippen molar-refractivity contribution in [3.63, 3.8) is 0 Å². The average Bonchev–Trinajstić information content (AvgIpc) is 3.34. The first kappa shape index (κ1) is 66.7. The average molecular weight is 1030 g/mol. The van der Waals surface area contributed by atoms with Crippen molar-refractivity contribution in [2.45, 2.75) is 99.2 Å². The van der Waals surface area contributed by atoms with E-state index >= 15 is 0 Å². The van der Waals surface area contributed by atoms with Gasteiger partial charge in [-0.3, -0.25) is 39.4 Å². The van der Waals surface area contributed by atoms with Crippen LogP contribution in [-0.2, 0) is 51.5 Å². The summed E-state index contributed by atoms with van der Waals surface area (Å²) in [4.78, 5) is 97.8. The fourth-order valence-electron chi connectivity index (χ4n) is 4.94. The predicted octanol–water partition coefficient (Wildman–Crippen LogP) is 5.34. The van der Waals surface area contributed by atoms with Crippen molar-refractivity contribution in [2.75, 3.05) is 40.5 Å². The van der Waals surface area contributed by atoms with Crippen LogP contribution in [0.25, 0.3) is 0 Å². The Balaban J connectivity index is 0. The second kappa shape index (κ2) is 38.4. The van der Waals surface area contributed by atoms with Gasteiger partial charge >= 0.3 is 17.9 Å². The number of benzene rings is 2. The first-order valence-corrected chi connectivity index (χ1v) is 22.0. The van der Waals surface area contributed by atoms with Gasteiger partial charge in [0, 0.05) is 55.5 Å². The Labute approximate surface area is 423 Å². The van der Waals surface area contributed by atoms with E-state index in [0.29, 0.717) is 51.6 Å². The SMILES string of the molecule is C=C(C)C(=O)O.C=C(C)C(=O)OC(=O)C(=C)C.CC#CC(=O)CCCNC(=O)CCCOc1cc([N+](=O)[O-])c(CO)cc1OC.CC#CC(=O)CCCNC(=O)CCCOc1cc([N+](=O)[O-])c(CO)cc1OC. The second-order valence-electron chi connectivity index (χ2n) is 14.8. The summed E-state index contributed by atoms with van der Waals surface area (Å²) < 4.78 is 25.6. The summed E-state index contributed by atoms with van der Waals surface area (Å²) >= 11 is 0. The molecule has 73 heavy (non-hydrogen) atoms. The standard InChI is InChI=1S/2C19H24N2O7.C8H10O3.C4H6O2/c2*1-3-6-15(23)7-4-9-20-19(24)8-5-10-28-18-12-16(21(25)26)14(13-22)11-17(18)27-2;1-5(2)7(9)11-8(10)6(3)4;1-3(2)4(5)6/h2*11-12,22H,4-5,7-10,13H2,1-2H3,(H,20,24);1,3H2,2,4H3;1H2,2H3,(H,5,6). The van der Waals surface area contributed by atoms with Crippen molar-refractivity contribution in [1.29, 1.82) is 0 Å². The Morgan fingerprint density at radius 1 is 0.589 bits per heavy atom. The molecule has 0 saturated carbocycles. The zero-order valence-electron chi connectivity index (χ0n) is 42.1. The number of aliphatic hydroxyl groups is 2. The van der Waals surface area contributed by atoms with Gasteiger partial charge < -0.3 is 49.6 Å². The third-order valence-electron chi connectivity index (χ3n) is 8.66. The van der Waals surface area contributed by atoms with Gasteiger partial charge in [0.1, 0.15) is 0 Å². The molecular weight excluding hydrogens is 961 g/mol. The van der Waals surface area contributed by atoms with Gasteiger partial charge in [-0.25, -0.2) is 14.4 Å².